The Morgan fingerprint density at radius 2 is 1.83 bits per heavy atom. The molecular weight excluding hydrogens is 251 g/mol. The van der Waals surface area contributed by atoms with Crippen molar-refractivity contribution >= 4 is 13.3 Å². The van der Waals surface area contributed by atoms with Crippen LogP contribution in [0.5, 0.6) is 0 Å². The van der Waals surface area contributed by atoms with Gasteiger partial charge in [-0.3, -0.25) is 9.36 Å². The van der Waals surface area contributed by atoms with Crippen molar-refractivity contribution in [3.8, 4) is 0 Å². The molecule has 1 saturated carbocycles. The molecule has 2 atom stereocenters. The minimum Gasteiger partial charge on any atom is -0.481 e. The van der Waals surface area contributed by atoms with Gasteiger partial charge in [0.25, 0.3) is 0 Å². The summed E-state index contributed by atoms with van der Waals surface area (Å²) in [5.41, 5.74) is -0.356. The number of hydrogen-bond acceptors (Lipinski definition) is 2. The van der Waals surface area contributed by atoms with Crippen LogP contribution in [0.1, 0.15) is 52.4 Å². The number of rotatable bonds is 6. The van der Waals surface area contributed by atoms with Crippen LogP contribution in [0.15, 0.2) is 0 Å². The van der Waals surface area contributed by atoms with E-state index in [4.69, 9.17) is 0 Å². The molecule has 0 aliphatic heterocycles. The SMILES string of the molecule is CC(C)P(=O)(O)CC(CC1CCCCC1)C(=O)O. The lowest BCUT2D eigenvalue weighted by atomic mass is 9.83. The van der Waals surface area contributed by atoms with Crippen LogP contribution in [0, 0.1) is 11.8 Å². The first-order valence-electron chi connectivity index (χ1n) is 6.87. The van der Waals surface area contributed by atoms with Gasteiger partial charge in [-0.1, -0.05) is 46.0 Å². The zero-order valence-electron chi connectivity index (χ0n) is 11.3. The number of hydrogen-bond donors (Lipinski definition) is 2. The predicted octanol–water partition coefficient (Wildman–Crippen LogP) is 3.34. The monoisotopic (exact) mass is 276 g/mol. The van der Waals surface area contributed by atoms with Crippen molar-refractivity contribution in [2.45, 2.75) is 58.0 Å². The quantitative estimate of drug-likeness (QED) is 0.730. The third-order valence-corrected chi connectivity index (χ3v) is 6.56. The largest absolute Gasteiger partial charge is 0.481 e. The highest BCUT2D eigenvalue weighted by atomic mass is 31.2. The lowest BCUT2D eigenvalue weighted by molar-refractivity contribution is -0.141. The molecule has 0 aromatic rings. The molecule has 1 fully saturated rings. The topological polar surface area (TPSA) is 74.6 Å². The molecule has 1 rings (SSSR count). The summed E-state index contributed by atoms with van der Waals surface area (Å²) in [6.07, 6.45) is 6.19. The molecule has 0 saturated heterocycles. The molecule has 2 unspecified atom stereocenters. The second-order valence-electron chi connectivity index (χ2n) is 5.81. The van der Waals surface area contributed by atoms with E-state index in [0.717, 1.165) is 25.7 Å². The fourth-order valence-electron chi connectivity index (χ4n) is 2.61. The molecule has 2 N–H and O–H groups in total. The van der Waals surface area contributed by atoms with E-state index >= 15 is 0 Å². The summed E-state index contributed by atoms with van der Waals surface area (Å²) in [4.78, 5) is 21.1. The van der Waals surface area contributed by atoms with Crippen molar-refractivity contribution in [3.05, 3.63) is 0 Å². The molecule has 0 aromatic heterocycles. The van der Waals surface area contributed by atoms with Crippen LogP contribution in [0.4, 0.5) is 0 Å². The van der Waals surface area contributed by atoms with Crippen LogP contribution < -0.4 is 0 Å². The lowest BCUT2D eigenvalue weighted by Gasteiger charge is -2.26. The fourth-order valence-corrected chi connectivity index (χ4v) is 3.96. The maximum atomic E-state index is 12.0. The Hall–Kier alpha value is -0.340. The van der Waals surface area contributed by atoms with E-state index in [1.165, 1.54) is 6.42 Å². The van der Waals surface area contributed by atoms with Gasteiger partial charge in [0.2, 0.25) is 7.37 Å². The second-order valence-corrected chi connectivity index (χ2v) is 8.72. The molecule has 0 radical (unpaired) electrons. The van der Waals surface area contributed by atoms with Crippen LogP contribution in [-0.4, -0.2) is 27.8 Å². The van der Waals surface area contributed by atoms with Gasteiger partial charge in [0, 0.05) is 11.8 Å². The van der Waals surface area contributed by atoms with Gasteiger partial charge in [-0.15, -0.1) is 0 Å². The molecule has 4 nitrogen and oxygen atoms in total. The predicted molar refractivity (Wildman–Crippen MR) is 72.1 cm³/mol. The van der Waals surface area contributed by atoms with Crippen LogP contribution in [0.2, 0.25) is 0 Å². The molecular formula is C13H25O4P. The number of carboxylic acids is 1. The van der Waals surface area contributed by atoms with E-state index in [2.05, 4.69) is 0 Å². The van der Waals surface area contributed by atoms with Crippen molar-refractivity contribution in [1.29, 1.82) is 0 Å². The van der Waals surface area contributed by atoms with Gasteiger partial charge in [0.1, 0.15) is 0 Å². The van der Waals surface area contributed by atoms with Gasteiger partial charge in [-0.05, 0) is 12.3 Å². The number of carboxylic acid groups (broad SMARTS) is 1. The minimum atomic E-state index is -3.32. The highest BCUT2D eigenvalue weighted by molar-refractivity contribution is 7.58. The molecule has 0 aromatic carbocycles. The van der Waals surface area contributed by atoms with E-state index in [1.807, 2.05) is 0 Å². The summed E-state index contributed by atoms with van der Waals surface area (Å²) in [5.74, 6) is -1.16. The second kappa shape index (κ2) is 6.72. The maximum absolute atomic E-state index is 12.0. The molecule has 0 bridgehead atoms. The van der Waals surface area contributed by atoms with E-state index < -0.39 is 19.3 Å². The molecule has 18 heavy (non-hydrogen) atoms. The van der Waals surface area contributed by atoms with E-state index in [0.29, 0.717) is 12.3 Å². The highest BCUT2D eigenvalue weighted by Crippen LogP contribution is 2.48. The fraction of sp³-hybridized carbons (Fsp3) is 0.923. The molecule has 5 heteroatoms. The van der Waals surface area contributed by atoms with Crippen LogP contribution >= 0.6 is 7.37 Å². The van der Waals surface area contributed by atoms with Crippen molar-refractivity contribution < 1.29 is 19.4 Å². The Morgan fingerprint density at radius 3 is 2.28 bits per heavy atom. The summed E-state index contributed by atoms with van der Waals surface area (Å²) in [6, 6.07) is 0. The lowest BCUT2D eigenvalue weighted by Crippen LogP contribution is -2.24. The molecule has 0 amide bonds. The van der Waals surface area contributed by atoms with Crippen LogP contribution in [-0.2, 0) is 9.36 Å². The van der Waals surface area contributed by atoms with Crippen molar-refractivity contribution in [2.75, 3.05) is 6.16 Å². The molecule has 1 aliphatic carbocycles. The van der Waals surface area contributed by atoms with Crippen molar-refractivity contribution in [1.82, 2.24) is 0 Å². The summed E-state index contributed by atoms with van der Waals surface area (Å²) in [7, 11) is -3.32. The summed E-state index contributed by atoms with van der Waals surface area (Å²) < 4.78 is 12.0. The third-order valence-electron chi connectivity index (χ3n) is 3.98. The average molecular weight is 276 g/mol. The van der Waals surface area contributed by atoms with Crippen LogP contribution in [0.25, 0.3) is 0 Å². The number of carbonyl (C=O) groups is 1. The van der Waals surface area contributed by atoms with Gasteiger partial charge in [-0.2, -0.15) is 0 Å². The van der Waals surface area contributed by atoms with E-state index in [1.54, 1.807) is 13.8 Å². The van der Waals surface area contributed by atoms with Crippen molar-refractivity contribution in [3.63, 3.8) is 0 Å². The summed E-state index contributed by atoms with van der Waals surface area (Å²) in [6.45, 7) is 3.36. The van der Waals surface area contributed by atoms with Gasteiger partial charge in [0.05, 0.1) is 5.92 Å². The molecule has 1 aliphatic rings. The maximum Gasteiger partial charge on any atom is 0.307 e. The van der Waals surface area contributed by atoms with Gasteiger partial charge in [0.15, 0.2) is 0 Å². The first-order valence-corrected chi connectivity index (χ1v) is 8.78. The van der Waals surface area contributed by atoms with E-state index in [-0.39, 0.29) is 11.8 Å². The third kappa shape index (κ3) is 4.74. The standard InChI is InChI=1S/C13H25O4P/c1-10(2)18(16,17)9-12(13(14)15)8-11-6-4-3-5-7-11/h10-12H,3-9H2,1-2H3,(H,14,15)(H,16,17). The zero-order chi connectivity index (χ0) is 13.8. The summed E-state index contributed by atoms with van der Waals surface area (Å²) >= 11 is 0. The Kier molecular flexibility index (Phi) is 5.87. The van der Waals surface area contributed by atoms with Gasteiger partial charge in [-0.25, -0.2) is 0 Å². The first-order chi connectivity index (χ1) is 8.33. The Bertz CT molecular complexity index is 321. The van der Waals surface area contributed by atoms with Gasteiger partial charge >= 0.3 is 5.97 Å². The smallest absolute Gasteiger partial charge is 0.307 e. The molecule has 106 valence electrons. The first kappa shape index (κ1) is 15.7. The minimum absolute atomic E-state index is 0.0729. The molecule has 0 heterocycles. The highest BCUT2D eigenvalue weighted by Gasteiger charge is 2.33. The Morgan fingerprint density at radius 1 is 1.28 bits per heavy atom. The zero-order valence-corrected chi connectivity index (χ0v) is 12.2. The summed E-state index contributed by atoms with van der Waals surface area (Å²) in [5, 5.41) is 9.22. The number of aliphatic carboxylic acids is 1. The normalized spacial score (nSPS) is 22.7. The van der Waals surface area contributed by atoms with Gasteiger partial charge < -0.3 is 10.00 Å². The molecule has 0 spiro atoms. The Labute approximate surface area is 109 Å². The van der Waals surface area contributed by atoms with Crippen molar-refractivity contribution in [2.24, 2.45) is 11.8 Å². The Balaban J connectivity index is 2.59. The average Bonchev–Trinajstić information content (AvgIpc) is 2.29. The van der Waals surface area contributed by atoms with Crippen LogP contribution in [0.3, 0.4) is 0 Å². The van der Waals surface area contributed by atoms with E-state index in [9.17, 15) is 19.4 Å².